The Bertz CT molecular complexity index is 701. The maximum Gasteiger partial charge on any atom is 0.244 e. The predicted molar refractivity (Wildman–Crippen MR) is 78.1 cm³/mol. The minimum atomic E-state index is -0.334. The molecule has 2 aromatic rings. The second-order valence-corrected chi connectivity index (χ2v) is 4.64. The molecular formula is C12H15ClN6O3. The molecule has 118 valence electrons. The van der Waals surface area contributed by atoms with Gasteiger partial charge < -0.3 is 4.74 Å². The molecule has 2 rings (SSSR count). The largest absolute Gasteiger partial charge is 0.479 e. The number of aromatic nitrogens is 4. The molecule has 0 aliphatic carbocycles. The van der Waals surface area contributed by atoms with Gasteiger partial charge in [-0.1, -0.05) is 6.92 Å². The van der Waals surface area contributed by atoms with Gasteiger partial charge in [-0.05, 0) is 11.6 Å². The number of hydrazine groups is 1. The number of fused-ring (bicyclic) bond motifs is 1. The first-order chi connectivity index (χ1) is 10.5. The van der Waals surface area contributed by atoms with E-state index in [1.807, 2.05) is 0 Å². The summed E-state index contributed by atoms with van der Waals surface area (Å²) in [5.74, 6) is -0.311. The second kappa shape index (κ2) is 7.03. The SMILES string of the molecule is CCC(=O)NNC(=O)CCn1ncc2nc(Cl)nc(OC)c21. The molecule has 0 aliphatic heterocycles. The number of methoxy groups -OCH3 is 1. The van der Waals surface area contributed by atoms with E-state index in [4.69, 9.17) is 16.3 Å². The average Bonchev–Trinajstić information content (AvgIpc) is 2.92. The molecular weight excluding hydrogens is 312 g/mol. The van der Waals surface area contributed by atoms with Crippen molar-refractivity contribution in [2.75, 3.05) is 7.11 Å². The molecule has 10 heteroatoms. The zero-order valence-corrected chi connectivity index (χ0v) is 12.8. The van der Waals surface area contributed by atoms with Crippen molar-refractivity contribution < 1.29 is 14.3 Å². The van der Waals surface area contributed by atoms with Crippen LogP contribution in [0.15, 0.2) is 6.20 Å². The van der Waals surface area contributed by atoms with Crippen molar-refractivity contribution in [3.63, 3.8) is 0 Å². The van der Waals surface area contributed by atoms with Crippen molar-refractivity contribution >= 4 is 34.4 Å². The minimum Gasteiger partial charge on any atom is -0.479 e. The molecule has 9 nitrogen and oxygen atoms in total. The van der Waals surface area contributed by atoms with Crippen molar-refractivity contribution in [2.24, 2.45) is 0 Å². The Morgan fingerprint density at radius 2 is 2.05 bits per heavy atom. The number of carbonyl (C=O) groups excluding carboxylic acids is 2. The van der Waals surface area contributed by atoms with Crippen LogP contribution in [0.3, 0.4) is 0 Å². The highest BCUT2D eigenvalue weighted by molar-refractivity contribution is 6.28. The molecule has 0 spiro atoms. The lowest BCUT2D eigenvalue weighted by atomic mass is 10.4. The normalized spacial score (nSPS) is 10.5. The molecule has 2 N–H and O–H groups in total. The van der Waals surface area contributed by atoms with Crippen LogP contribution in [0.25, 0.3) is 11.0 Å². The van der Waals surface area contributed by atoms with E-state index >= 15 is 0 Å². The summed E-state index contributed by atoms with van der Waals surface area (Å²) in [5, 5.41) is 4.20. The highest BCUT2D eigenvalue weighted by Crippen LogP contribution is 2.23. The first kappa shape index (κ1) is 16.0. The zero-order valence-electron chi connectivity index (χ0n) is 12.1. The van der Waals surface area contributed by atoms with Gasteiger partial charge in [0.15, 0.2) is 0 Å². The minimum absolute atomic E-state index is 0.0592. The van der Waals surface area contributed by atoms with E-state index in [-0.39, 0.29) is 35.9 Å². The lowest BCUT2D eigenvalue weighted by Crippen LogP contribution is -2.41. The average molecular weight is 327 g/mol. The van der Waals surface area contributed by atoms with Gasteiger partial charge >= 0.3 is 0 Å². The Hall–Kier alpha value is -2.42. The first-order valence-electron chi connectivity index (χ1n) is 6.55. The third-order valence-corrected chi connectivity index (χ3v) is 3.00. The van der Waals surface area contributed by atoms with Crippen LogP contribution in [0.1, 0.15) is 19.8 Å². The molecule has 2 aromatic heterocycles. The van der Waals surface area contributed by atoms with E-state index in [0.29, 0.717) is 17.5 Å². The van der Waals surface area contributed by atoms with Crippen molar-refractivity contribution in [1.29, 1.82) is 0 Å². The van der Waals surface area contributed by atoms with E-state index < -0.39 is 0 Å². The summed E-state index contributed by atoms with van der Waals surface area (Å²) in [6.07, 6.45) is 1.92. The second-order valence-electron chi connectivity index (χ2n) is 4.30. The van der Waals surface area contributed by atoms with Crippen LogP contribution in [-0.4, -0.2) is 38.7 Å². The lowest BCUT2D eigenvalue weighted by molar-refractivity contribution is -0.128. The van der Waals surface area contributed by atoms with E-state index in [9.17, 15) is 9.59 Å². The number of nitrogens with zero attached hydrogens (tertiary/aromatic N) is 4. The van der Waals surface area contributed by atoms with E-state index in [1.165, 1.54) is 13.3 Å². The molecule has 0 radical (unpaired) electrons. The standard InChI is InChI=1S/C12H15ClN6O3/c1-3-8(20)17-18-9(21)4-5-19-10-7(6-14-19)15-12(13)16-11(10)22-2/h6H,3-5H2,1-2H3,(H,17,20)(H,18,21). The van der Waals surface area contributed by atoms with Gasteiger partial charge in [-0.25, -0.2) is 4.98 Å². The van der Waals surface area contributed by atoms with Gasteiger partial charge in [-0.15, -0.1) is 0 Å². The number of hydrogen-bond donors (Lipinski definition) is 2. The number of aryl methyl sites for hydroxylation is 1. The van der Waals surface area contributed by atoms with Gasteiger partial charge in [-0.3, -0.25) is 25.1 Å². The monoisotopic (exact) mass is 326 g/mol. The fourth-order valence-electron chi connectivity index (χ4n) is 1.75. The fraction of sp³-hybridized carbons (Fsp3) is 0.417. The number of nitrogens with one attached hydrogen (secondary N) is 2. The Balaban J connectivity index is 2.06. The molecule has 0 saturated heterocycles. The van der Waals surface area contributed by atoms with Crippen molar-refractivity contribution in [1.82, 2.24) is 30.6 Å². The third-order valence-electron chi connectivity index (χ3n) is 2.84. The maximum absolute atomic E-state index is 11.7. The number of halogens is 1. The number of hydrogen-bond acceptors (Lipinski definition) is 6. The van der Waals surface area contributed by atoms with Gasteiger partial charge in [0, 0.05) is 12.8 Å². The van der Waals surface area contributed by atoms with E-state index in [1.54, 1.807) is 11.6 Å². The lowest BCUT2D eigenvalue weighted by Gasteiger charge is -2.08. The van der Waals surface area contributed by atoms with Crippen LogP contribution in [-0.2, 0) is 16.1 Å². The summed E-state index contributed by atoms with van der Waals surface area (Å²) in [6.45, 7) is 1.97. The van der Waals surface area contributed by atoms with Gasteiger partial charge in [-0.2, -0.15) is 10.1 Å². The van der Waals surface area contributed by atoms with Gasteiger partial charge in [0.1, 0.15) is 11.0 Å². The smallest absolute Gasteiger partial charge is 0.244 e. The highest BCUT2D eigenvalue weighted by Gasteiger charge is 2.14. The topological polar surface area (TPSA) is 111 Å². The van der Waals surface area contributed by atoms with Gasteiger partial charge in [0.2, 0.25) is 23.0 Å². The number of ether oxygens (including phenoxy) is 1. The number of amides is 2. The first-order valence-corrected chi connectivity index (χ1v) is 6.93. The maximum atomic E-state index is 11.7. The predicted octanol–water partition coefficient (Wildman–Crippen LogP) is 0.436. The van der Waals surface area contributed by atoms with Gasteiger partial charge in [0.25, 0.3) is 0 Å². The number of carbonyl (C=O) groups is 2. The summed E-state index contributed by atoms with van der Waals surface area (Å²) in [7, 11) is 1.46. The molecule has 2 heterocycles. The molecule has 0 unspecified atom stereocenters. The molecule has 0 bridgehead atoms. The molecule has 2 amide bonds. The van der Waals surface area contributed by atoms with Crippen molar-refractivity contribution in [2.45, 2.75) is 26.3 Å². The van der Waals surface area contributed by atoms with Crippen LogP contribution >= 0.6 is 11.6 Å². The molecule has 0 atom stereocenters. The zero-order chi connectivity index (χ0) is 16.1. The number of rotatable bonds is 5. The molecule has 0 aliphatic rings. The Labute approximate surface area is 131 Å². The summed E-state index contributed by atoms with van der Waals surface area (Å²) in [6, 6.07) is 0. The Morgan fingerprint density at radius 3 is 2.73 bits per heavy atom. The van der Waals surface area contributed by atoms with Crippen LogP contribution in [0.4, 0.5) is 0 Å². The van der Waals surface area contributed by atoms with Crippen LogP contribution < -0.4 is 15.6 Å². The van der Waals surface area contributed by atoms with Crippen LogP contribution in [0.5, 0.6) is 5.88 Å². The summed E-state index contributed by atoms with van der Waals surface area (Å²) in [4.78, 5) is 30.7. The van der Waals surface area contributed by atoms with Crippen LogP contribution in [0, 0.1) is 0 Å². The van der Waals surface area contributed by atoms with E-state index in [2.05, 4.69) is 25.9 Å². The summed E-state index contributed by atoms with van der Waals surface area (Å²) < 4.78 is 6.70. The van der Waals surface area contributed by atoms with E-state index in [0.717, 1.165) is 0 Å². The quantitative estimate of drug-likeness (QED) is 0.609. The van der Waals surface area contributed by atoms with Gasteiger partial charge in [0.05, 0.1) is 19.9 Å². The van der Waals surface area contributed by atoms with Crippen molar-refractivity contribution in [3.8, 4) is 5.88 Å². The third kappa shape index (κ3) is 3.61. The molecule has 0 aromatic carbocycles. The molecule has 22 heavy (non-hydrogen) atoms. The molecule has 0 fully saturated rings. The van der Waals surface area contributed by atoms with Crippen molar-refractivity contribution in [3.05, 3.63) is 11.5 Å². The Morgan fingerprint density at radius 1 is 1.32 bits per heavy atom. The fourth-order valence-corrected chi connectivity index (χ4v) is 1.92. The van der Waals surface area contributed by atoms with Crippen LogP contribution in [0.2, 0.25) is 5.28 Å². The summed E-state index contributed by atoms with van der Waals surface area (Å²) >= 11 is 5.78. The summed E-state index contributed by atoms with van der Waals surface area (Å²) in [5.41, 5.74) is 5.69. The Kier molecular flexibility index (Phi) is 5.10. The highest BCUT2D eigenvalue weighted by atomic mass is 35.5. The molecule has 0 saturated carbocycles.